The molecule has 0 saturated heterocycles. The van der Waals surface area contributed by atoms with Gasteiger partial charge in [-0.25, -0.2) is 4.98 Å². The summed E-state index contributed by atoms with van der Waals surface area (Å²) in [5, 5.41) is 9.34. The average Bonchev–Trinajstić information content (AvgIpc) is 3.15. The molecule has 28 heavy (non-hydrogen) atoms. The van der Waals surface area contributed by atoms with Crippen LogP contribution in [0.3, 0.4) is 0 Å². The molecule has 0 aliphatic rings. The predicted molar refractivity (Wildman–Crippen MR) is 108 cm³/mol. The number of aromatic nitrogens is 4. The van der Waals surface area contributed by atoms with Crippen LogP contribution in [0.1, 0.15) is 11.3 Å². The summed E-state index contributed by atoms with van der Waals surface area (Å²) in [5.74, 6) is 1.58. The molecule has 0 amide bonds. The van der Waals surface area contributed by atoms with E-state index in [0.29, 0.717) is 30.5 Å². The zero-order chi connectivity index (χ0) is 19.3. The van der Waals surface area contributed by atoms with Crippen molar-refractivity contribution >= 4 is 17.4 Å². The SMILES string of the molecule is COc1cccc(NCc2cc(=O)n3[nH]c(NCc4ccccc4)nc3n2)c1. The van der Waals surface area contributed by atoms with E-state index in [1.54, 1.807) is 7.11 Å². The van der Waals surface area contributed by atoms with Crippen LogP contribution >= 0.6 is 0 Å². The first-order chi connectivity index (χ1) is 13.7. The normalized spacial score (nSPS) is 10.8. The topological polar surface area (TPSA) is 96.3 Å². The Kier molecular flexibility index (Phi) is 4.92. The van der Waals surface area contributed by atoms with E-state index in [0.717, 1.165) is 17.0 Å². The van der Waals surface area contributed by atoms with Gasteiger partial charge in [-0.2, -0.15) is 9.50 Å². The molecule has 0 aliphatic carbocycles. The van der Waals surface area contributed by atoms with Gasteiger partial charge in [-0.05, 0) is 17.7 Å². The van der Waals surface area contributed by atoms with Gasteiger partial charge in [-0.3, -0.25) is 9.89 Å². The molecular formula is C20H20N6O2. The Labute approximate surface area is 161 Å². The highest BCUT2D eigenvalue weighted by Crippen LogP contribution is 2.17. The van der Waals surface area contributed by atoms with Gasteiger partial charge >= 0.3 is 0 Å². The number of ether oxygens (including phenoxy) is 1. The lowest BCUT2D eigenvalue weighted by Gasteiger charge is -2.07. The standard InChI is InChI=1S/C20H20N6O2/c1-28-17-9-5-8-15(10-17)21-13-16-11-18(27)26-20(23-16)24-19(25-26)22-12-14-6-3-2-4-7-14/h2-11,21H,12-13H2,1H3,(H2,22,23,24,25). The first kappa shape index (κ1) is 17.6. The number of nitrogens with one attached hydrogen (secondary N) is 3. The number of benzene rings is 2. The molecule has 0 unspecified atom stereocenters. The quantitative estimate of drug-likeness (QED) is 0.459. The van der Waals surface area contributed by atoms with Crippen molar-refractivity contribution in [3.8, 4) is 5.75 Å². The van der Waals surface area contributed by atoms with E-state index in [2.05, 4.69) is 25.7 Å². The molecule has 0 atom stereocenters. The van der Waals surface area contributed by atoms with Crippen molar-refractivity contribution in [2.75, 3.05) is 17.7 Å². The summed E-state index contributed by atoms with van der Waals surface area (Å²) in [5.41, 5.74) is 2.39. The molecule has 4 rings (SSSR count). The van der Waals surface area contributed by atoms with Crippen molar-refractivity contribution in [2.24, 2.45) is 0 Å². The second kappa shape index (κ2) is 7.83. The number of hydrogen-bond acceptors (Lipinski definition) is 6. The largest absolute Gasteiger partial charge is 0.497 e. The maximum absolute atomic E-state index is 12.4. The van der Waals surface area contributed by atoms with Gasteiger partial charge in [0, 0.05) is 24.4 Å². The molecule has 0 fully saturated rings. The summed E-state index contributed by atoms with van der Waals surface area (Å²) in [7, 11) is 1.62. The molecule has 0 spiro atoms. The third kappa shape index (κ3) is 3.96. The zero-order valence-corrected chi connectivity index (χ0v) is 15.3. The summed E-state index contributed by atoms with van der Waals surface area (Å²) in [4.78, 5) is 21.2. The summed E-state index contributed by atoms with van der Waals surface area (Å²) in [6.07, 6.45) is 0. The van der Waals surface area contributed by atoms with Crippen molar-refractivity contribution in [2.45, 2.75) is 13.1 Å². The molecular weight excluding hydrogens is 356 g/mol. The van der Waals surface area contributed by atoms with Crippen LogP contribution in [0, 0.1) is 0 Å². The molecule has 4 aromatic rings. The fraction of sp³-hybridized carbons (Fsp3) is 0.150. The molecule has 2 aromatic carbocycles. The number of aromatic amines is 1. The summed E-state index contributed by atoms with van der Waals surface area (Å²) in [6, 6.07) is 19.0. The smallest absolute Gasteiger partial charge is 0.274 e. The maximum atomic E-state index is 12.4. The van der Waals surface area contributed by atoms with Crippen LogP contribution in [0.5, 0.6) is 5.75 Å². The summed E-state index contributed by atoms with van der Waals surface area (Å²) >= 11 is 0. The highest BCUT2D eigenvalue weighted by Gasteiger charge is 2.08. The third-order valence-electron chi connectivity index (χ3n) is 4.23. The van der Waals surface area contributed by atoms with Gasteiger partial charge < -0.3 is 15.4 Å². The second-order valence-electron chi connectivity index (χ2n) is 6.22. The fourth-order valence-electron chi connectivity index (χ4n) is 2.80. The highest BCUT2D eigenvalue weighted by atomic mass is 16.5. The Bertz CT molecular complexity index is 1140. The Morgan fingerprint density at radius 2 is 1.86 bits per heavy atom. The molecule has 0 saturated carbocycles. The number of H-pyrrole nitrogens is 1. The zero-order valence-electron chi connectivity index (χ0n) is 15.3. The molecule has 0 aliphatic heterocycles. The minimum Gasteiger partial charge on any atom is -0.497 e. The Hall–Kier alpha value is -3.81. The van der Waals surface area contributed by atoms with Gasteiger partial charge in [-0.15, -0.1) is 0 Å². The molecule has 2 heterocycles. The lowest BCUT2D eigenvalue weighted by atomic mass is 10.2. The monoisotopic (exact) mass is 376 g/mol. The summed E-state index contributed by atoms with van der Waals surface area (Å²) < 4.78 is 6.53. The lowest BCUT2D eigenvalue weighted by molar-refractivity contribution is 0.415. The number of methoxy groups -OCH3 is 1. The first-order valence-electron chi connectivity index (χ1n) is 8.86. The van der Waals surface area contributed by atoms with E-state index >= 15 is 0 Å². The van der Waals surface area contributed by atoms with Crippen molar-refractivity contribution in [3.63, 3.8) is 0 Å². The minimum atomic E-state index is -0.215. The lowest BCUT2D eigenvalue weighted by Crippen LogP contribution is -2.17. The molecule has 0 radical (unpaired) electrons. The predicted octanol–water partition coefficient (Wildman–Crippen LogP) is 2.65. The number of rotatable bonds is 7. The second-order valence-corrected chi connectivity index (χ2v) is 6.22. The maximum Gasteiger partial charge on any atom is 0.274 e. The number of anilines is 2. The fourth-order valence-corrected chi connectivity index (χ4v) is 2.80. The molecule has 2 aromatic heterocycles. The highest BCUT2D eigenvalue weighted by molar-refractivity contribution is 5.48. The van der Waals surface area contributed by atoms with Gasteiger partial charge in [-0.1, -0.05) is 36.4 Å². The van der Waals surface area contributed by atoms with E-state index in [1.807, 2.05) is 54.6 Å². The van der Waals surface area contributed by atoms with Crippen molar-refractivity contribution in [1.82, 2.24) is 19.6 Å². The van der Waals surface area contributed by atoms with E-state index in [-0.39, 0.29) is 5.56 Å². The average molecular weight is 376 g/mol. The van der Waals surface area contributed by atoms with Gasteiger partial charge in [0.05, 0.1) is 19.3 Å². The van der Waals surface area contributed by atoms with Crippen LogP contribution in [0.15, 0.2) is 65.5 Å². The number of fused-ring (bicyclic) bond motifs is 1. The Balaban J connectivity index is 1.48. The van der Waals surface area contributed by atoms with Crippen LogP contribution in [0.25, 0.3) is 5.78 Å². The Morgan fingerprint density at radius 3 is 2.68 bits per heavy atom. The Morgan fingerprint density at radius 1 is 1.00 bits per heavy atom. The van der Waals surface area contributed by atoms with Gasteiger partial charge in [0.1, 0.15) is 5.75 Å². The van der Waals surface area contributed by atoms with Crippen molar-refractivity contribution < 1.29 is 4.74 Å². The van der Waals surface area contributed by atoms with E-state index in [1.165, 1.54) is 10.6 Å². The van der Waals surface area contributed by atoms with E-state index in [9.17, 15) is 4.79 Å². The minimum absolute atomic E-state index is 0.215. The van der Waals surface area contributed by atoms with E-state index in [4.69, 9.17) is 4.74 Å². The molecule has 8 nitrogen and oxygen atoms in total. The third-order valence-corrected chi connectivity index (χ3v) is 4.23. The number of hydrogen-bond donors (Lipinski definition) is 3. The van der Waals surface area contributed by atoms with Crippen LogP contribution in [0.2, 0.25) is 0 Å². The van der Waals surface area contributed by atoms with Crippen LogP contribution < -0.4 is 20.9 Å². The van der Waals surface area contributed by atoms with Gasteiger partial charge in [0.2, 0.25) is 5.95 Å². The number of nitrogens with zero attached hydrogens (tertiary/aromatic N) is 3. The molecule has 142 valence electrons. The van der Waals surface area contributed by atoms with Gasteiger partial charge in [0.15, 0.2) is 0 Å². The molecule has 0 bridgehead atoms. The van der Waals surface area contributed by atoms with Crippen LogP contribution in [-0.2, 0) is 13.1 Å². The molecule has 8 heteroatoms. The van der Waals surface area contributed by atoms with Crippen molar-refractivity contribution in [3.05, 3.63) is 82.3 Å². The first-order valence-corrected chi connectivity index (χ1v) is 8.86. The van der Waals surface area contributed by atoms with Gasteiger partial charge in [0.25, 0.3) is 11.3 Å². The summed E-state index contributed by atoms with van der Waals surface area (Å²) in [6.45, 7) is 0.998. The van der Waals surface area contributed by atoms with Crippen LogP contribution in [-0.4, -0.2) is 26.7 Å². The van der Waals surface area contributed by atoms with E-state index < -0.39 is 0 Å². The molecule has 3 N–H and O–H groups in total. The van der Waals surface area contributed by atoms with Crippen LogP contribution in [0.4, 0.5) is 11.6 Å². The van der Waals surface area contributed by atoms with Crippen molar-refractivity contribution in [1.29, 1.82) is 0 Å².